The first-order valence-electron chi connectivity index (χ1n) is 10.1. The summed E-state index contributed by atoms with van der Waals surface area (Å²) in [5.74, 6) is -2.51. The minimum absolute atomic E-state index is 0.325. The van der Waals surface area contributed by atoms with Crippen LogP contribution in [0.15, 0.2) is 71.6 Å². The summed E-state index contributed by atoms with van der Waals surface area (Å²) in [4.78, 5) is 25.7. The van der Waals surface area contributed by atoms with Crippen LogP contribution in [0.3, 0.4) is 0 Å². The summed E-state index contributed by atoms with van der Waals surface area (Å²) in [6.07, 6.45) is -1.46. The van der Waals surface area contributed by atoms with E-state index in [1.165, 1.54) is 14.2 Å². The van der Waals surface area contributed by atoms with Crippen LogP contribution in [0.2, 0.25) is 0 Å². The van der Waals surface area contributed by atoms with Crippen molar-refractivity contribution in [2.75, 3.05) is 19.5 Å². The number of ether oxygens (including phenoxy) is 2. The van der Waals surface area contributed by atoms with Gasteiger partial charge in [-0.3, -0.25) is 4.79 Å². The maximum atomic E-state index is 14.4. The Morgan fingerprint density at radius 2 is 1.71 bits per heavy atom. The summed E-state index contributed by atoms with van der Waals surface area (Å²) in [5.41, 5.74) is 0.921. The van der Waals surface area contributed by atoms with Crippen molar-refractivity contribution < 1.29 is 31.9 Å². The van der Waals surface area contributed by atoms with Crippen LogP contribution >= 0.6 is 0 Å². The molecule has 1 amide bonds. The van der Waals surface area contributed by atoms with E-state index in [-0.39, 0.29) is 4.90 Å². The van der Waals surface area contributed by atoms with E-state index in [9.17, 15) is 22.4 Å². The zero-order chi connectivity index (χ0) is 24.9. The molecule has 0 saturated carbocycles. The van der Waals surface area contributed by atoms with Crippen molar-refractivity contribution in [3.8, 4) is 5.75 Å². The second-order valence-corrected chi connectivity index (χ2v) is 9.12. The molecule has 0 fully saturated rings. The van der Waals surface area contributed by atoms with E-state index >= 15 is 0 Å². The molecule has 2 N–H and O–H groups in total. The van der Waals surface area contributed by atoms with Gasteiger partial charge in [0.2, 0.25) is 16.1 Å². The number of sulfonamides is 1. The lowest BCUT2D eigenvalue weighted by molar-refractivity contribution is -0.125. The van der Waals surface area contributed by atoms with Crippen molar-refractivity contribution in [3.63, 3.8) is 0 Å². The number of carbonyl (C=O) groups excluding carboxylic acids is 2. The van der Waals surface area contributed by atoms with Crippen LogP contribution in [0, 0.1) is 12.7 Å². The minimum Gasteiger partial charge on any atom is -0.495 e. The van der Waals surface area contributed by atoms with Gasteiger partial charge in [-0.25, -0.2) is 22.3 Å². The summed E-state index contributed by atoms with van der Waals surface area (Å²) in [7, 11) is -1.30. The number of benzene rings is 3. The highest BCUT2D eigenvalue weighted by Gasteiger charge is 2.28. The first kappa shape index (κ1) is 24.9. The Bertz CT molecular complexity index is 1310. The number of hydrogen-bond acceptors (Lipinski definition) is 6. The monoisotopic (exact) mass is 486 g/mol. The third-order valence-corrected chi connectivity index (χ3v) is 6.33. The fraction of sp³-hybridized carbons (Fsp3) is 0.167. The van der Waals surface area contributed by atoms with Crippen LogP contribution in [0.1, 0.15) is 27.6 Å². The van der Waals surface area contributed by atoms with Gasteiger partial charge in [0.25, 0.3) is 5.91 Å². The Hall–Kier alpha value is -3.76. The molecule has 0 aromatic heterocycles. The zero-order valence-corrected chi connectivity index (χ0v) is 19.5. The number of aryl methyl sites for hydroxylation is 1. The lowest BCUT2D eigenvalue weighted by Crippen LogP contribution is -2.26. The third kappa shape index (κ3) is 5.59. The molecule has 3 aromatic rings. The van der Waals surface area contributed by atoms with Gasteiger partial charge in [0, 0.05) is 5.56 Å². The number of anilines is 1. The van der Waals surface area contributed by atoms with Gasteiger partial charge in [0.1, 0.15) is 11.6 Å². The number of hydrogen-bond donors (Lipinski definition) is 2. The van der Waals surface area contributed by atoms with Crippen LogP contribution in [0.5, 0.6) is 5.75 Å². The maximum absolute atomic E-state index is 14.4. The number of esters is 1. The van der Waals surface area contributed by atoms with Crippen molar-refractivity contribution in [1.29, 1.82) is 0 Å². The molecule has 34 heavy (non-hydrogen) atoms. The Morgan fingerprint density at radius 1 is 1.00 bits per heavy atom. The Kier molecular flexibility index (Phi) is 7.64. The SMILES string of the molecule is CNS(=O)(=O)c1ccc(F)c(C(=O)OC(C(=O)Nc2cc(C)ccc2OC)c2ccccc2)c1. The van der Waals surface area contributed by atoms with Gasteiger partial charge in [0.15, 0.2) is 0 Å². The van der Waals surface area contributed by atoms with Gasteiger partial charge in [-0.2, -0.15) is 0 Å². The number of carbonyl (C=O) groups is 2. The molecule has 178 valence electrons. The smallest absolute Gasteiger partial charge is 0.342 e. The van der Waals surface area contributed by atoms with Gasteiger partial charge in [-0.1, -0.05) is 36.4 Å². The van der Waals surface area contributed by atoms with Crippen molar-refractivity contribution >= 4 is 27.6 Å². The van der Waals surface area contributed by atoms with Crippen molar-refractivity contribution in [3.05, 3.63) is 89.2 Å². The van der Waals surface area contributed by atoms with E-state index in [0.717, 1.165) is 23.8 Å². The lowest BCUT2D eigenvalue weighted by atomic mass is 10.1. The van der Waals surface area contributed by atoms with Gasteiger partial charge < -0.3 is 14.8 Å². The van der Waals surface area contributed by atoms with Crippen LogP contribution in [0.4, 0.5) is 10.1 Å². The second kappa shape index (κ2) is 10.4. The highest BCUT2D eigenvalue weighted by Crippen LogP contribution is 2.28. The predicted molar refractivity (Wildman–Crippen MR) is 124 cm³/mol. The number of methoxy groups -OCH3 is 1. The molecule has 0 spiro atoms. The van der Waals surface area contributed by atoms with Crippen LogP contribution in [-0.2, 0) is 19.6 Å². The summed E-state index contributed by atoms with van der Waals surface area (Å²) in [6, 6.07) is 16.0. The van der Waals surface area contributed by atoms with Gasteiger partial charge in [-0.05, 0) is 49.9 Å². The van der Waals surface area contributed by atoms with Crippen molar-refractivity contribution in [2.24, 2.45) is 0 Å². The molecule has 0 bridgehead atoms. The maximum Gasteiger partial charge on any atom is 0.342 e. The molecule has 0 radical (unpaired) electrons. The molecule has 8 nitrogen and oxygen atoms in total. The van der Waals surface area contributed by atoms with E-state index in [1.807, 2.05) is 6.92 Å². The van der Waals surface area contributed by atoms with Gasteiger partial charge in [-0.15, -0.1) is 0 Å². The molecule has 1 atom stereocenters. The largest absolute Gasteiger partial charge is 0.495 e. The summed E-state index contributed by atoms with van der Waals surface area (Å²) >= 11 is 0. The molecule has 3 aromatic carbocycles. The lowest BCUT2D eigenvalue weighted by Gasteiger charge is -2.19. The molecule has 1 unspecified atom stereocenters. The Labute approximate surface area is 196 Å². The molecule has 0 heterocycles. The van der Waals surface area contributed by atoms with Crippen LogP contribution in [-0.4, -0.2) is 34.5 Å². The van der Waals surface area contributed by atoms with E-state index in [0.29, 0.717) is 17.0 Å². The molecule has 3 rings (SSSR count). The van der Waals surface area contributed by atoms with Gasteiger partial charge >= 0.3 is 5.97 Å². The number of halogens is 1. The highest BCUT2D eigenvalue weighted by molar-refractivity contribution is 7.89. The van der Waals surface area contributed by atoms with Crippen LogP contribution < -0.4 is 14.8 Å². The topological polar surface area (TPSA) is 111 Å². The predicted octanol–water partition coefficient (Wildman–Crippen LogP) is 3.59. The molecular formula is C24H23FN2O6S. The van der Waals surface area contributed by atoms with Crippen molar-refractivity contribution in [2.45, 2.75) is 17.9 Å². The molecule has 0 aliphatic carbocycles. The quantitative estimate of drug-likeness (QED) is 0.471. The summed E-state index contributed by atoms with van der Waals surface area (Å²) < 4.78 is 51.3. The Balaban J connectivity index is 1.96. The second-order valence-electron chi connectivity index (χ2n) is 7.24. The standard InChI is InChI=1S/C24H23FN2O6S/c1-15-9-12-21(32-3)20(13-15)27-23(28)22(16-7-5-4-6-8-16)33-24(29)18-14-17(10-11-19(18)25)34(30,31)26-2/h4-14,22,26H,1-3H3,(H,27,28). The average Bonchev–Trinajstić information content (AvgIpc) is 2.83. The fourth-order valence-electron chi connectivity index (χ4n) is 3.13. The van der Waals surface area contributed by atoms with Crippen molar-refractivity contribution in [1.82, 2.24) is 4.72 Å². The first-order chi connectivity index (χ1) is 16.2. The molecule has 10 heteroatoms. The summed E-state index contributed by atoms with van der Waals surface area (Å²) in [6.45, 7) is 1.83. The first-order valence-corrected chi connectivity index (χ1v) is 11.6. The average molecular weight is 487 g/mol. The fourth-order valence-corrected chi connectivity index (χ4v) is 3.89. The highest BCUT2D eigenvalue weighted by atomic mass is 32.2. The van der Waals surface area contributed by atoms with Crippen LogP contribution in [0.25, 0.3) is 0 Å². The normalized spacial score (nSPS) is 12.0. The van der Waals surface area contributed by atoms with E-state index < -0.39 is 39.4 Å². The number of amides is 1. The zero-order valence-electron chi connectivity index (χ0n) is 18.7. The Morgan fingerprint density at radius 3 is 2.35 bits per heavy atom. The third-order valence-electron chi connectivity index (χ3n) is 4.91. The van der Waals surface area contributed by atoms with Gasteiger partial charge in [0.05, 0.1) is 23.3 Å². The minimum atomic E-state index is -3.94. The molecular weight excluding hydrogens is 463 g/mol. The number of rotatable bonds is 8. The molecule has 0 aliphatic heterocycles. The van der Waals surface area contributed by atoms with E-state index in [4.69, 9.17) is 9.47 Å². The number of nitrogens with one attached hydrogen (secondary N) is 2. The van der Waals surface area contributed by atoms with E-state index in [2.05, 4.69) is 10.0 Å². The van der Waals surface area contributed by atoms with E-state index in [1.54, 1.807) is 48.5 Å². The summed E-state index contributed by atoms with van der Waals surface area (Å²) in [5, 5.41) is 2.68. The molecule has 0 saturated heterocycles. The molecule has 0 aliphatic rings.